The van der Waals surface area contributed by atoms with Gasteiger partial charge in [-0.25, -0.2) is 4.79 Å². The van der Waals surface area contributed by atoms with E-state index in [1.165, 1.54) is 0 Å². The van der Waals surface area contributed by atoms with Gasteiger partial charge in [-0.05, 0) is 36.8 Å². The number of amides is 2. The van der Waals surface area contributed by atoms with Gasteiger partial charge in [0.25, 0.3) is 0 Å². The molecule has 6 rings (SSSR count). The minimum absolute atomic E-state index is 0.0276. The maximum absolute atomic E-state index is 14.5. The summed E-state index contributed by atoms with van der Waals surface area (Å²) in [7, 11) is 1.66. The average molecular weight is 626 g/mol. The number of carbonyl (C=O) groups excluding carboxylic acids is 2. The van der Waals surface area contributed by atoms with E-state index in [0.29, 0.717) is 76.6 Å². The highest BCUT2D eigenvalue weighted by molar-refractivity contribution is 5.86. The molecule has 2 amide bonds. The number of carbonyl (C=O) groups is 2. The minimum Gasteiger partial charge on any atom is -0.448 e. The number of fused-ring (bicyclic) bond motifs is 2. The minimum atomic E-state index is -4.51. The number of pyridine rings is 1. The smallest absolute Gasteiger partial charge is 0.417 e. The lowest BCUT2D eigenvalue weighted by atomic mass is 9.78. The van der Waals surface area contributed by atoms with Crippen molar-refractivity contribution in [3.8, 4) is 0 Å². The zero-order valence-corrected chi connectivity index (χ0v) is 25.2. The van der Waals surface area contributed by atoms with E-state index in [2.05, 4.69) is 15.2 Å². The number of nitrogens with one attached hydrogen (secondary N) is 1. The van der Waals surface area contributed by atoms with Crippen LogP contribution in [0.2, 0.25) is 0 Å². The van der Waals surface area contributed by atoms with Gasteiger partial charge in [0.05, 0.1) is 36.9 Å². The molecular weight excluding hydrogens is 583 g/mol. The van der Waals surface area contributed by atoms with E-state index in [4.69, 9.17) is 18.9 Å². The number of rotatable bonds is 7. The van der Waals surface area contributed by atoms with E-state index in [1.807, 2.05) is 0 Å². The fraction of sp³-hybridized carbons (Fsp3) is 0.767. The molecule has 1 aromatic heterocycles. The van der Waals surface area contributed by atoms with Crippen molar-refractivity contribution in [2.24, 2.45) is 11.3 Å². The van der Waals surface area contributed by atoms with Crippen molar-refractivity contribution in [1.29, 1.82) is 0 Å². The van der Waals surface area contributed by atoms with Crippen molar-refractivity contribution in [1.82, 2.24) is 25.0 Å². The summed E-state index contributed by atoms with van der Waals surface area (Å²) in [6.07, 6.45) is -1.79. The molecular formula is C30H42F3N5O6. The second kappa shape index (κ2) is 13.1. The highest BCUT2D eigenvalue weighted by Crippen LogP contribution is 2.51. The first-order valence-corrected chi connectivity index (χ1v) is 15.6. The number of halogens is 3. The Bertz CT molecular complexity index is 1200. The molecule has 1 aromatic rings. The van der Waals surface area contributed by atoms with Crippen LogP contribution in [0.1, 0.15) is 36.1 Å². The molecule has 5 heterocycles. The fourth-order valence-electron chi connectivity index (χ4n) is 7.65. The molecule has 244 valence electrons. The average Bonchev–Trinajstić information content (AvgIpc) is 3.55. The van der Waals surface area contributed by atoms with Gasteiger partial charge in [0.1, 0.15) is 6.61 Å². The van der Waals surface area contributed by atoms with Crippen molar-refractivity contribution >= 4 is 12.0 Å². The summed E-state index contributed by atoms with van der Waals surface area (Å²) in [5, 5.41) is 3.72. The summed E-state index contributed by atoms with van der Waals surface area (Å²) in [5.74, 6) is -0.227. The van der Waals surface area contributed by atoms with Crippen LogP contribution >= 0.6 is 0 Å². The third kappa shape index (κ3) is 6.55. The topological polar surface area (TPSA) is 106 Å². The Morgan fingerprint density at radius 3 is 2.75 bits per heavy atom. The number of nitrogens with zero attached hydrogens (tertiary/aromatic N) is 4. The van der Waals surface area contributed by atoms with Crippen LogP contribution in [0.5, 0.6) is 0 Å². The van der Waals surface area contributed by atoms with Crippen molar-refractivity contribution < 1.29 is 41.7 Å². The Labute approximate surface area is 255 Å². The molecule has 3 saturated heterocycles. The Balaban J connectivity index is 1.17. The first-order chi connectivity index (χ1) is 21.2. The molecule has 44 heavy (non-hydrogen) atoms. The third-order valence-corrected chi connectivity index (χ3v) is 10.0. The van der Waals surface area contributed by atoms with E-state index in [0.717, 1.165) is 31.8 Å². The van der Waals surface area contributed by atoms with Crippen molar-refractivity contribution in [2.75, 3.05) is 79.4 Å². The summed E-state index contributed by atoms with van der Waals surface area (Å²) >= 11 is 0. The quantitative estimate of drug-likeness (QED) is 0.487. The Kier molecular flexibility index (Phi) is 9.35. The zero-order valence-electron chi connectivity index (χ0n) is 25.2. The lowest BCUT2D eigenvalue weighted by Crippen LogP contribution is -2.52. The number of alkyl halides is 3. The molecule has 5 atom stereocenters. The molecule has 4 aliphatic heterocycles. The third-order valence-electron chi connectivity index (χ3n) is 10.0. The van der Waals surface area contributed by atoms with Gasteiger partial charge in [0, 0.05) is 89.9 Å². The molecule has 14 heteroatoms. The maximum atomic E-state index is 14.5. The van der Waals surface area contributed by atoms with Crippen LogP contribution in [0.15, 0.2) is 12.3 Å². The van der Waals surface area contributed by atoms with E-state index in [-0.39, 0.29) is 49.7 Å². The van der Waals surface area contributed by atoms with Gasteiger partial charge in [-0.15, -0.1) is 0 Å². The fourth-order valence-corrected chi connectivity index (χ4v) is 7.65. The summed E-state index contributed by atoms with van der Waals surface area (Å²) in [6.45, 7) is 5.96. The Morgan fingerprint density at radius 2 is 1.98 bits per heavy atom. The highest BCUT2D eigenvalue weighted by atomic mass is 19.4. The molecule has 0 radical (unpaired) electrons. The molecule has 1 aliphatic carbocycles. The first kappa shape index (κ1) is 31.5. The molecule has 11 nitrogen and oxygen atoms in total. The molecule has 1 saturated carbocycles. The van der Waals surface area contributed by atoms with Crippen LogP contribution in [0.4, 0.5) is 18.0 Å². The number of methoxy groups -OCH3 is 1. The van der Waals surface area contributed by atoms with E-state index < -0.39 is 23.2 Å². The number of aromatic nitrogens is 1. The summed E-state index contributed by atoms with van der Waals surface area (Å²) < 4.78 is 62.6. The lowest BCUT2D eigenvalue weighted by molar-refractivity contribution is -0.143. The second-order valence-corrected chi connectivity index (χ2v) is 12.7. The first-order valence-electron chi connectivity index (χ1n) is 15.6. The predicted molar refractivity (Wildman–Crippen MR) is 151 cm³/mol. The zero-order chi connectivity index (χ0) is 30.9. The van der Waals surface area contributed by atoms with Crippen LogP contribution in [0.25, 0.3) is 0 Å². The summed E-state index contributed by atoms with van der Waals surface area (Å²) in [5.41, 5.74) is -0.671. The molecule has 0 aromatic carbocycles. The molecule has 0 spiro atoms. The van der Waals surface area contributed by atoms with Gasteiger partial charge in [0.15, 0.2) is 0 Å². The van der Waals surface area contributed by atoms with E-state index >= 15 is 0 Å². The number of hydrogen-bond acceptors (Lipinski definition) is 9. The molecule has 4 fully saturated rings. The Morgan fingerprint density at radius 1 is 1.16 bits per heavy atom. The summed E-state index contributed by atoms with van der Waals surface area (Å²) in [4.78, 5) is 37.2. The molecule has 5 aliphatic rings. The predicted octanol–water partition coefficient (Wildman–Crippen LogP) is 1.93. The van der Waals surface area contributed by atoms with Crippen molar-refractivity contribution in [3.63, 3.8) is 0 Å². The highest BCUT2D eigenvalue weighted by Gasteiger charge is 2.60. The maximum Gasteiger partial charge on any atom is 0.417 e. The van der Waals surface area contributed by atoms with Crippen LogP contribution in [0.3, 0.4) is 0 Å². The van der Waals surface area contributed by atoms with Gasteiger partial charge in [0.2, 0.25) is 5.91 Å². The molecule has 0 bridgehead atoms. The number of ether oxygens (including phenoxy) is 4. The van der Waals surface area contributed by atoms with E-state index in [9.17, 15) is 22.8 Å². The normalized spacial score (nSPS) is 31.1. The number of likely N-dealkylation sites (tertiary alicyclic amines) is 1. The van der Waals surface area contributed by atoms with Gasteiger partial charge in [-0.3, -0.25) is 14.7 Å². The second-order valence-electron chi connectivity index (χ2n) is 12.7. The van der Waals surface area contributed by atoms with Crippen LogP contribution in [0, 0.1) is 11.3 Å². The SMILES string of the molecule is COC1COCCC1N[C@@H]1C[C@H]2CN(C(=O)OCCN3CCOCC3)C[C@@]2(C(=O)N2CCc3ncc(C(F)(F)F)cc3C2)C1. The van der Waals surface area contributed by atoms with Crippen molar-refractivity contribution in [3.05, 3.63) is 29.1 Å². The van der Waals surface area contributed by atoms with Crippen LogP contribution in [-0.4, -0.2) is 129 Å². The van der Waals surface area contributed by atoms with Gasteiger partial charge >= 0.3 is 12.3 Å². The largest absolute Gasteiger partial charge is 0.448 e. The number of morpholine rings is 1. The van der Waals surface area contributed by atoms with Crippen LogP contribution < -0.4 is 5.32 Å². The number of hydrogen-bond donors (Lipinski definition) is 1. The monoisotopic (exact) mass is 625 g/mol. The van der Waals surface area contributed by atoms with Gasteiger partial charge < -0.3 is 34.1 Å². The lowest BCUT2D eigenvalue weighted by Gasteiger charge is -2.37. The molecule has 1 N–H and O–H groups in total. The molecule has 2 unspecified atom stereocenters. The van der Waals surface area contributed by atoms with E-state index in [1.54, 1.807) is 16.9 Å². The summed E-state index contributed by atoms with van der Waals surface area (Å²) in [6, 6.07) is 1.22. The van der Waals surface area contributed by atoms with Crippen molar-refractivity contribution in [2.45, 2.75) is 56.6 Å². The standard InChI is InChI=1S/C30H42F3N5O6/c1-41-26-18-43-8-3-25(26)35-23-13-22-17-38(28(40)44-11-7-36-5-9-42-10-6-36)19-29(22,14-23)27(39)37-4-2-24-20(16-37)12-21(15-34-24)30(31,32)33/h12,15,22-23,25-26,35H,2-11,13-14,16-19H2,1H3/t22-,23+,25?,26?,29-/m0/s1. The Hall–Kier alpha value is -2.52. The van der Waals surface area contributed by atoms with Crippen LogP contribution in [-0.2, 0) is 42.9 Å². The van der Waals surface area contributed by atoms with Gasteiger partial charge in [-0.2, -0.15) is 13.2 Å². The van der Waals surface area contributed by atoms with Gasteiger partial charge in [-0.1, -0.05) is 0 Å².